The molecule has 2 aromatic rings. The Morgan fingerprint density at radius 3 is 2.45 bits per heavy atom. The van der Waals surface area contributed by atoms with Crippen molar-refractivity contribution in [1.82, 2.24) is 0 Å². The van der Waals surface area contributed by atoms with Crippen LogP contribution >= 0.6 is 0 Å². The lowest BCUT2D eigenvalue weighted by Gasteiger charge is -2.29. The number of fused-ring (bicyclic) bond motifs is 2. The van der Waals surface area contributed by atoms with Gasteiger partial charge >= 0.3 is 0 Å². The average molecular weight is 436 g/mol. The van der Waals surface area contributed by atoms with Gasteiger partial charge in [0.2, 0.25) is 17.5 Å². The molecule has 4 nitrogen and oxygen atoms in total. The highest BCUT2D eigenvalue weighted by Gasteiger charge is 2.30. The Balaban J connectivity index is 1.49. The molecular formula is C24H27F3O4. The molecule has 2 atom stereocenters. The van der Waals surface area contributed by atoms with Gasteiger partial charge in [0.15, 0.2) is 23.0 Å². The molecule has 0 radical (unpaired) electrons. The zero-order chi connectivity index (χ0) is 22.0. The molecule has 0 saturated carbocycles. The van der Waals surface area contributed by atoms with Crippen LogP contribution in [0.1, 0.15) is 50.7 Å². The maximum absolute atomic E-state index is 14.8. The van der Waals surface area contributed by atoms with Crippen molar-refractivity contribution in [3.63, 3.8) is 0 Å². The number of hydrogen-bond donors (Lipinski definition) is 0. The molecule has 168 valence electrons. The molecule has 0 bridgehead atoms. The lowest BCUT2D eigenvalue weighted by atomic mass is 9.97. The maximum atomic E-state index is 14.8. The van der Waals surface area contributed by atoms with E-state index in [9.17, 15) is 13.2 Å². The van der Waals surface area contributed by atoms with Crippen LogP contribution in [0.25, 0.3) is 0 Å². The highest BCUT2D eigenvalue weighted by atomic mass is 19.2. The van der Waals surface area contributed by atoms with E-state index in [1.54, 1.807) is 13.0 Å². The Morgan fingerprint density at radius 2 is 1.74 bits per heavy atom. The molecule has 0 spiro atoms. The highest BCUT2D eigenvalue weighted by Crippen LogP contribution is 2.44. The zero-order valence-corrected chi connectivity index (χ0v) is 17.8. The van der Waals surface area contributed by atoms with Gasteiger partial charge in [-0.3, -0.25) is 0 Å². The van der Waals surface area contributed by atoms with Crippen molar-refractivity contribution in [3.8, 4) is 23.0 Å². The second-order valence-electron chi connectivity index (χ2n) is 8.07. The van der Waals surface area contributed by atoms with E-state index in [1.807, 2.05) is 0 Å². The Kier molecular flexibility index (Phi) is 6.60. The van der Waals surface area contributed by atoms with Gasteiger partial charge in [0.25, 0.3) is 0 Å². The van der Waals surface area contributed by atoms with Gasteiger partial charge in [0, 0.05) is 23.5 Å². The summed E-state index contributed by atoms with van der Waals surface area (Å²) in [5, 5.41) is 0. The summed E-state index contributed by atoms with van der Waals surface area (Å²) >= 11 is 0. The molecule has 4 rings (SSSR count). The molecule has 2 aliphatic heterocycles. The predicted octanol–water partition coefficient (Wildman–Crippen LogP) is 6.17. The van der Waals surface area contributed by atoms with Crippen molar-refractivity contribution in [2.75, 3.05) is 19.8 Å². The zero-order valence-electron chi connectivity index (χ0n) is 17.8. The molecule has 2 aliphatic rings. The minimum atomic E-state index is -1.18. The Labute approximate surface area is 180 Å². The van der Waals surface area contributed by atoms with Gasteiger partial charge in [-0.15, -0.1) is 0 Å². The van der Waals surface area contributed by atoms with Crippen LogP contribution in [0.5, 0.6) is 23.0 Å². The summed E-state index contributed by atoms with van der Waals surface area (Å²) in [7, 11) is 0. The number of hydrogen-bond acceptors (Lipinski definition) is 4. The molecule has 7 heteroatoms. The third kappa shape index (κ3) is 4.47. The van der Waals surface area contributed by atoms with E-state index in [1.165, 1.54) is 12.1 Å². The van der Waals surface area contributed by atoms with E-state index in [-0.39, 0.29) is 54.7 Å². The van der Waals surface area contributed by atoms with Crippen LogP contribution in [0.4, 0.5) is 13.2 Å². The van der Waals surface area contributed by atoms with E-state index in [2.05, 4.69) is 6.92 Å². The maximum Gasteiger partial charge on any atom is 0.207 e. The summed E-state index contributed by atoms with van der Waals surface area (Å²) in [6.07, 6.45) is 4.47. The topological polar surface area (TPSA) is 36.9 Å². The fraction of sp³-hybridized carbons (Fsp3) is 0.500. The first-order valence-electron chi connectivity index (χ1n) is 10.9. The second kappa shape index (κ2) is 9.39. The number of benzene rings is 2. The Bertz CT molecular complexity index is 939. The summed E-state index contributed by atoms with van der Waals surface area (Å²) in [5.74, 6) is -3.49. The van der Waals surface area contributed by atoms with Crippen LogP contribution in [0, 0.1) is 23.4 Å². The Morgan fingerprint density at radius 1 is 0.935 bits per heavy atom. The van der Waals surface area contributed by atoms with E-state index >= 15 is 0 Å². The molecular weight excluding hydrogens is 409 g/mol. The molecule has 0 aromatic heterocycles. The largest absolute Gasteiger partial charge is 0.491 e. The van der Waals surface area contributed by atoms with Crippen LogP contribution < -0.4 is 14.2 Å². The standard InChI is InChI=1S/C24H27F3O4/c1-3-5-17-8-6-14(12-29-17)13-30-19-11-16-10-15-7-9-18(28-4-2)21(26)23(15)31-24(16)22(27)20(19)25/h7,9,11,14,17H,3-6,8,10,12-13H2,1-2H3. The third-order valence-corrected chi connectivity index (χ3v) is 5.78. The van der Waals surface area contributed by atoms with Crippen LogP contribution in [0.3, 0.4) is 0 Å². The summed E-state index contributed by atoms with van der Waals surface area (Å²) in [5.41, 5.74) is 0.945. The first-order chi connectivity index (χ1) is 15.0. The van der Waals surface area contributed by atoms with Gasteiger partial charge in [-0.2, -0.15) is 13.2 Å². The van der Waals surface area contributed by atoms with Gasteiger partial charge in [-0.05, 0) is 38.3 Å². The van der Waals surface area contributed by atoms with Gasteiger partial charge in [-0.1, -0.05) is 19.4 Å². The quantitative estimate of drug-likeness (QED) is 0.444. The van der Waals surface area contributed by atoms with Crippen molar-refractivity contribution >= 4 is 0 Å². The number of halogens is 3. The van der Waals surface area contributed by atoms with Crippen molar-refractivity contribution < 1.29 is 32.1 Å². The van der Waals surface area contributed by atoms with Crippen LogP contribution in [0.2, 0.25) is 0 Å². The normalized spacial score (nSPS) is 19.9. The van der Waals surface area contributed by atoms with Gasteiger partial charge < -0.3 is 18.9 Å². The summed E-state index contributed by atoms with van der Waals surface area (Å²) in [4.78, 5) is 0. The van der Waals surface area contributed by atoms with Crippen molar-refractivity contribution in [2.24, 2.45) is 5.92 Å². The van der Waals surface area contributed by atoms with Crippen LogP contribution in [0.15, 0.2) is 18.2 Å². The number of rotatable bonds is 7. The lowest BCUT2D eigenvalue weighted by Crippen LogP contribution is -2.29. The molecule has 2 heterocycles. The molecule has 1 saturated heterocycles. The van der Waals surface area contributed by atoms with E-state index in [0.29, 0.717) is 17.7 Å². The molecule has 0 aliphatic carbocycles. The van der Waals surface area contributed by atoms with Gasteiger partial charge in [0.1, 0.15) is 0 Å². The van der Waals surface area contributed by atoms with E-state index in [0.717, 1.165) is 25.7 Å². The minimum absolute atomic E-state index is 0.0152. The first kappa shape index (κ1) is 21.8. The second-order valence-corrected chi connectivity index (χ2v) is 8.07. The van der Waals surface area contributed by atoms with E-state index < -0.39 is 17.5 Å². The van der Waals surface area contributed by atoms with Crippen molar-refractivity contribution in [3.05, 3.63) is 46.8 Å². The third-order valence-electron chi connectivity index (χ3n) is 5.78. The molecule has 0 amide bonds. The molecule has 0 N–H and O–H groups in total. The average Bonchev–Trinajstić information content (AvgIpc) is 2.78. The van der Waals surface area contributed by atoms with Crippen molar-refractivity contribution in [1.29, 1.82) is 0 Å². The fourth-order valence-electron chi connectivity index (χ4n) is 4.13. The molecule has 2 aromatic carbocycles. The Hall–Kier alpha value is -2.41. The molecule has 2 unspecified atom stereocenters. The van der Waals surface area contributed by atoms with Gasteiger partial charge in [0.05, 0.1) is 25.9 Å². The highest BCUT2D eigenvalue weighted by molar-refractivity contribution is 5.55. The van der Waals surface area contributed by atoms with Crippen molar-refractivity contribution in [2.45, 2.75) is 52.1 Å². The number of ether oxygens (including phenoxy) is 4. The SMILES string of the molecule is CCCC1CCC(COc2cc3c(c(F)c2F)Oc2c(ccc(OCC)c2F)C3)CO1. The monoisotopic (exact) mass is 436 g/mol. The summed E-state index contributed by atoms with van der Waals surface area (Å²) < 4.78 is 66.2. The van der Waals surface area contributed by atoms with Crippen LogP contribution in [-0.4, -0.2) is 25.9 Å². The predicted molar refractivity (Wildman–Crippen MR) is 110 cm³/mol. The molecule has 1 fully saturated rings. The van der Waals surface area contributed by atoms with E-state index in [4.69, 9.17) is 18.9 Å². The van der Waals surface area contributed by atoms with Gasteiger partial charge in [-0.25, -0.2) is 0 Å². The van der Waals surface area contributed by atoms with Crippen LogP contribution in [-0.2, 0) is 11.2 Å². The smallest absolute Gasteiger partial charge is 0.207 e. The lowest BCUT2D eigenvalue weighted by molar-refractivity contribution is -0.0310. The fourth-order valence-corrected chi connectivity index (χ4v) is 4.13. The summed E-state index contributed by atoms with van der Waals surface area (Å²) in [6, 6.07) is 4.62. The molecule has 31 heavy (non-hydrogen) atoms. The minimum Gasteiger partial charge on any atom is -0.491 e. The summed E-state index contributed by atoms with van der Waals surface area (Å²) in [6.45, 7) is 4.94. The first-order valence-corrected chi connectivity index (χ1v) is 10.9.